The molecule has 0 saturated heterocycles. The maximum atomic E-state index is 14.9. The van der Waals surface area contributed by atoms with Crippen LogP contribution in [0.5, 0.6) is 0 Å². The minimum absolute atomic E-state index is 0.0162. The zero-order valence-corrected chi connectivity index (χ0v) is 36.4. The van der Waals surface area contributed by atoms with Crippen molar-refractivity contribution in [2.75, 3.05) is 0 Å². The molecular weight excluding hydrogens is 893 g/mol. The van der Waals surface area contributed by atoms with Gasteiger partial charge in [0.1, 0.15) is 0 Å². The summed E-state index contributed by atoms with van der Waals surface area (Å²) < 4.78 is 90.7. The van der Waals surface area contributed by atoms with E-state index in [4.69, 9.17) is 0 Å². The van der Waals surface area contributed by atoms with Gasteiger partial charge in [0.25, 0.3) is 0 Å². The molecule has 11 heteroatoms. The number of halogens is 6. The van der Waals surface area contributed by atoms with Crippen molar-refractivity contribution in [1.82, 2.24) is 9.13 Å². The van der Waals surface area contributed by atoms with Gasteiger partial charge in [-0.15, -0.1) is 0 Å². The van der Waals surface area contributed by atoms with Crippen LogP contribution in [0, 0.1) is 34.0 Å². The molecule has 9 aromatic carbocycles. The number of fused-ring (bicyclic) bond motifs is 6. The topological polar surface area (TPSA) is 81.2 Å². The van der Waals surface area contributed by atoms with Crippen LogP contribution in [0.3, 0.4) is 0 Å². The number of nitriles is 3. The van der Waals surface area contributed by atoms with E-state index in [1.165, 1.54) is 6.07 Å². The Hall–Kier alpha value is -9.37. The molecule has 2 heterocycles. The van der Waals surface area contributed by atoms with Crippen LogP contribution in [0.2, 0.25) is 0 Å². The highest BCUT2D eigenvalue weighted by molar-refractivity contribution is 6.13. The van der Waals surface area contributed by atoms with Gasteiger partial charge in [-0.3, -0.25) is 0 Å². The minimum atomic E-state index is -5.15. The first-order valence-corrected chi connectivity index (χ1v) is 21.9. The third-order valence-electron chi connectivity index (χ3n) is 12.9. The standard InChI is InChI=1S/C59H31F6N5/c60-58(61,62)41-21-24-44(51(31-41)59(63,64)65)38-18-23-48(57(30-38)70-53-16-8-6-14-46(53)50-29-37(20-26-55(50)70)43-12-4-2-10-40(43)34-68)47-22-17-35(32-66)27-56(47)69-52-15-7-5-13-45(52)49-28-36(19-25-54(49)69)42-11-3-1-9-39(42)33-67/h1-31H. The summed E-state index contributed by atoms with van der Waals surface area (Å²) in [7, 11) is 0. The monoisotopic (exact) mass is 923 g/mol. The van der Waals surface area contributed by atoms with Gasteiger partial charge in [-0.2, -0.15) is 42.1 Å². The highest BCUT2D eigenvalue weighted by atomic mass is 19.4. The third kappa shape index (κ3) is 7.10. The van der Waals surface area contributed by atoms with Crippen molar-refractivity contribution < 1.29 is 26.3 Å². The summed E-state index contributed by atoms with van der Waals surface area (Å²) in [6, 6.07) is 60.0. The molecule has 0 spiro atoms. The second-order valence-electron chi connectivity index (χ2n) is 16.8. The van der Waals surface area contributed by atoms with E-state index >= 15 is 0 Å². The van der Waals surface area contributed by atoms with Gasteiger partial charge in [0.15, 0.2) is 0 Å². The molecule has 0 amide bonds. The molecule has 0 fully saturated rings. The molecule has 0 aliphatic rings. The molecule has 0 unspecified atom stereocenters. The summed E-state index contributed by atoms with van der Waals surface area (Å²) in [5.41, 5.74) is 6.11. The fourth-order valence-corrected chi connectivity index (χ4v) is 9.80. The van der Waals surface area contributed by atoms with Gasteiger partial charge in [-0.05, 0) is 112 Å². The maximum Gasteiger partial charge on any atom is 0.417 e. The first-order valence-electron chi connectivity index (χ1n) is 21.9. The molecule has 2 aromatic heterocycles. The Balaban J connectivity index is 1.23. The lowest BCUT2D eigenvalue weighted by Gasteiger charge is -2.21. The number of benzene rings is 9. The van der Waals surface area contributed by atoms with E-state index in [0.29, 0.717) is 61.9 Å². The van der Waals surface area contributed by atoms with Gasteiger partial charge < -0.3 is 9.13 Å². The molecule has 0 N–H and O–H groups in total. The molecule has 0 saturated carbocycles. The number of aromatic nitrogens is 2. The van der Waals surface area contributed by atoms with Gasteiger partial charge in [-0.25, -0.2) is 0 Å². The quantitative estimate of drug-likeness (QED) is 0.156. The molecule has 334 valence electrons. The predicted molar refractivity (Wildman–Crippen MR) is 261 cm³/mol. The van der Waals surface area contributed by atoms with E-state index in [2.05, 4.69) is 18.2 Å². The van der Waals surface area contributed by atoms with Crippen LogP contribution in [-0.2, 0) is 12.4 Å². The lowest BCUT2D eigenvalue weighted by molar-refractivity contribution is -0.142. The lowest BCUT2D eigenvalue weighted by Crippen LogP contribution is -2.12. The number of alkyl halides is 6. The van der Waals surface area contributed by atoms with Crippen LogP contribution in [0.15, 0.2) is 188 Å². The van der Waals surface area contributed by atoms with Gasteiger partial charge >= 0.3 is 12.4 Å². The van der Waals surface area contributed by atoms with Crippen molar-refractivity contribution in [3.8, 4) is 74.1 Å². The van der Waals surface area contributed by atoms with E-state index in [1.807, 2.05) is 124 Å². The van der Waals surface area contributed by atoms with Crippen LogP contribution in [-0.4, -0.2) is 9.13 Å². The van der Waals surface area contributed by atoms with Gasteiger partial charge in [0.2, 0.25) is 0 Å². The van der Waals surface area contributed by atoms with E-state index < -0.39 is 29.0 Å². The van der Waals surface area contributed by atoms with Crippen molar-refractivity contribution in [2.45, 2.75) is 12.4 Å². The Bertz CT molecular complexity index is 4100. The van der Waals surface area contributed by atoms with E-state index in [9.17, 15) is 42.1 Å². The highest BCUT2D eigenvalue weighted by Crippen LogP contribution is 2.46. The second-order valence-corrected chi connectivity index (χ2v) is 16.8. The van der Waals surface area contributed by atoms with E-state index in [-0.39, 0.29) is 11.6 Å². The fraction of sp³-hybridized carbons (Fsp3) is 0.0339. The summed E-state index contributed by atoms with van der Waals surface area (Å²) >= 11 is 0. The number of rotatable bonds is 6. The maximum absolute atomic E-state index is 14.9. The largest absolute Gasteiger partial charge is 0.417 e. The van der Waals surface area contributed by atoms with Crippen LogP contribution in [0.4, 0.5) is 26.3 Å². The fourth-order valence-electron chi connectivity index (χ4n) is 9.80. The van der Waals surface area contributed by atoms with E-state index in [0.717, 1.165) is 55.3 Å². The Labute approximate surface area is 395 Å². The summed E-state index contributed by atoms with van der Waals surface area (Å²) in [4.78, 5) is 0. The van der Waals surface area contributed by atoms with Crippen molar-refractivity contribution in [2.24, 2.45) is 0 Å². The van der Waals surface area contributed by atoms with Gasteiger partial charge in [-0.1, -0.05) is 109 Å². The summed E-state index contributed by atoms with van der Waals surface area (Å²) in [5.74, 6) is 0. The average molecular weight is 924 g/mol. The van der Waals surface area contributed by atoms with Crippen LogP contribution < -0.4 is 0 Å². The predicted octanol–water partition coefficient (Wildman–Crippen LogP) is 16.2. The summed E-state index contributed by atoms with van der Waals surface area (Å²) in [6.07, 6.45) is -10.2. The van der Waals surface area contributed by atoms with Crippen molar-refractivity contribution >= 4 is 43.6 Å². The van der Waals surface area contributed by atoms with E-state index in [1.54, 1.807) is 48.5 Å². The van der Waals surface area contributed by atoms with Crippen molar-refractivity contribution in [3.05, 3.63) is 216 Å². The zero-order valence-electron chi connectivity index (χ0n) is 36.4. The van der Waals surface area contributed by atoms with Crippen LogP contribution in [0.1, 0.15) is 27.8 Å². The smallest absolute Gasteiger partial charge is 0.309 e. The number of hydrogen-bond donors (Lipinski definition) is 0. The average Bonchev–Trinajstić information content (AvgIpc) is 3.89. The molecule has 11 aromatic rings. The Morgan fingerprint density at radius 1 is 0.343 bits per heavy atom. The third-order valence-corrected chi connectivity index (χ3v) is 12.9. The Morgan fingerprint density at radius 2 is 0.786 bits per heavy atom. The Kier molecular flexibility index (Phi) is 10.2. The number of para-hydroxylation sites is 2. The molecule has 0 radical (unpaired) electrons. The molecule has 5 nitrogen and oxygen atoms in total. The van der Waals surface area contributed by atoms with Crippen molar-refractivity contribution in [1.29, 1.82) is 15.8 Å². The number of hydrogen-bond acceptors (Lipinski definition) is 3. The van der Waals surface area contributed by atoms with Crippen molar-refractivity contribution in [3.63, 3.8) is 0 Å². The second kappa shape index (κ2) is 16.4. The highest BCUT2D eigenvalue weighted by Gasteiger charge is 2.38. The summed E-state index contributed by atoms with van der Waals surface area (Å²) in [6.45, 7) is 0. The molecule has 0 aliphatic carbocycles. The molecule has 11 rings (SSSR count). The minimum Gasteiger partial charge on any atom is -0.309 e. The first-order chi connectivity index (χ1) is 33.9. The lowest BCUT2D eigenvalue weighted by atomic mass is 9.92. The van der Waals surface area contributed by atoms with Crippen LogP contribution >= 0.6 is 0 Å². The molecular formula is C59H31F6N5. The molecule has 70 heavy (non-hydrogen) atoms. The molecule has 0 aliphatic heterocycles. The Morgan fingerprint density at radius 3 is 1.30 bits per heavy atom. The van der Waals surface area contributed by atoms with Gasteiger partial charge in [0, 0.05) is 32.7 Å². The zero-order chi connectivity index (χ0) is 48.5. The SMILES string of the molecule is N#Cc1ccc(-c2ccc(-c3ccc(C(F)(F)F)cc3C(F)(F)F)cc2-n2c3ccccc3c3cc(-c4ccccc4C#N)ccc32)c(-n2c3ccccc3c3cc(-c4ccccc4C#N)ccc32)c1. The summed E-state index contributed by atoms with van der Waals surface area (Å²) in [5, 5.41) is 33.7. The normalized spacial score (nSPS) is 11.8. The molecule has 0 atom stereocenters. The molecule has 0 bridgehead atoms. The van der Waals surface area contributed by atoms with Crippen LogP contribution in [0.25, 0.3) is 99.5 Å². The first kappa shape index (κ1) is 43.2. The van der Waals surface area contributed by atoms with Gasteiger partial charge in [0.05, 0.1) is 79.5 Å². The number of nitrogens with zero attached hydrogens (tertiary/aromatic N) is 5.